The molecule has 1 aliphatic rings. The minimum absolute atomic E-state index is 0.131. The van der Waals surface area contributed by atoms with Crippen LogP contribution in [0.3, 0.4) is 0 Å². The molecular formula is C14H25N3O2S. The highest BCUT2D eigenvalue weighted by atomic mass is 32.2. The van der Waals surface area contributed by atoms with Crippen molar-refractivity contribution < 1.29 is 8.42 Å². The Labute approximate surface area is 121 Å². The fourth-order valence-electron chi connectivity index (χ4n) is 2.34. The number of rotatable bonds is 8. The molecule has 0 aromatic carbocycles. The lowest BCUT2D eigenvalue weighted by Crippen LogP contribution is -2.39. The second-order valence-electron chi connectivity index (χ2n) is 5.39. The van der Waals surface area contributed by atoms with Crippen molar-refractivity contribution in [1.29, 1.82) is 0 Å². The van der Waals surface area contributed by atoms with Crippen LogP contribution in [-0.4, -0.2) is 25.6 Å². The molecule has 1 aliphatic carbocycles. The number of nitrogens with zero attached hydrogens (tertiary/aromatic N) is 1. The standard InChI is InChI=1S/C14H25N3O2S/c1-3-8-17-11-14(9-13(17)10-15-4-2)20(18,19)16-12-6-5-7-12/h9,11-12,15-16H,3-8,10H2,1-2H3. The molecule has 0 saturated heterocycles. The summed E-state index contributed by atoms with van der Waals surface area (Å²) in [4.78, 5) is 0.394. The minimum Gasteiger partial charge on any atom is -0.349 e. The summed E-state index contributed by atoms with van der Waals surface area (Å²) in [5.74, 6) is 0. The molecule has 0 aliphatic heterocycles. The van der Waals surface area contributed by atoms with E-state index < -0.39 is 10.0 Å². The van der Waals surface area contributed by atoms with E-state index in [9.17, 15) is 8.42 Å². The number of hydrogen-bond donors (Lipinski definition) is 2. The lowest BCUT2D eigenvalue weighted by molar-refractivity contribution is 0.383. The van der Waals surface area contributed by atoms with Crippen LogP contribution in [0.4, 0.5) is 0 Å². The average molecular weight is 299 g/mol. The molecule has 6 heteroatoms. The summed E-state index contributed by atoms with van der Waals surface area (Å²) in [6, 6.07) is 1.92. The highest BCUT2D eigenvalue weighted by Crippen LogP contribution is 2.22. The Hall–Kier alpha value is -0.850. The Kier molecular flexibility index (Phi) is 5.23. The summed E-state index contributed by atoms with van der Waals surface area (Å²) in [6.45, 7) is 6.57. The fraction of sp³-hybridized carbons (Fsp3) is 0.714. The molecule has 0 amide bonds. The zero-order valence-corrected chi connectivity index (χ0v) is 13.2. The summed E-state index contributed by atoms with van der Waals surface area (Å²) in [6.07, 6.45) is 5.79. The van der Waals surface area contributed by atoms with E-state index in [-0.39, 0.29) is 6.04 Å². The zero-order valence-electron chi connectivity index (χ0n) is 12.4. The first kappa shape index (κ1) is 15.5. The molecule has 0 atom stereocenters. The average Bonchev–Trinajstić information content (AvgIpc) is 2.76. The highest BCUT2D eigenvalue weighted by molar-refractivity contribution is 7.89. The monoisotopic (exact) mass is 299 g/mol. The Balaban J connectivity index is 2.17. The van der Waals surface area contributed by atoms with Gasteiger partial charge in [0, 0.05) is 31.0 Å². The zero-order chi connectivity index (χ0) is 14.6. The Morgan fingerprint density at radius 2 is 2.10 bits per heavy atom. The SMILES string of the molecule is CCCn1cc(S(=O)(=O)NC2CCC2)cc1CNCC. The van der Waals surface area contributed by atoms with Gasteiger partial charge in [0.2, 0.25) is 10.0 Å². The molecule has 5 nitrogen and oxygen atoms in total. The topological polar surface area (TPSA) is 63.1 Å². The smallest absolute Gasteiger partial charge is 0.242 e. The van der Waals surface area contributed by atoms with Gasteiger partial charge in [0.05, 0.1) is 4.90 Å². The van der Waals surface area contributed by atoms with Crippen LogP contribution in [0.1, 0.15) is 45.2 Å². The molecule has 1 aromatic heterocycles. The minimum atomic E-state index is -3.36. The summed E-state index contributed by atoms with van der Waals surface area (Å²) in [7, 11) is -3.36. The molecule has 1 saturated carbocycles. The first-order valence-corrected chi connectivity index (χ1v) is 8.97. The molecule has 1 heterocycles. The quantitative estimate of drug-likeness (QED) is 0.770. The molecule has 20 heavy (non-hydrogen) atoms. The molecule has 0 spiro atoms. The third-order valence-electron chi connectivity index (χ3n) is 3.72. The largest absolute Gasteiger partial charge is 0.349 e. The Morgan fingerprint density at radius 3 is 2.65 bits per heavy atom. The van der Waals surface area contributed by atoms with Crippen LogP contribution in [0, 0.1) is 0 Å². The van der Waals surface area contributed by atoms with Gasteiger partial charge >= 0.3 is 0 Å². The predicted octanol–water partition coefficient (Wildman–Crippen LogP) is 1.84. The Morgan fingerprint density at radius 1 is 1.35 bits per heavy atom. The summed E-state index contributed by atoms with van der Waals surface area (Å²) in [5.41, 5.74) is 1.03. The maximum atomic E-state index is 12.3. The van der Waals surface area contributed by atoms with Crippen molar-refractivity contribution in [2.24, 2.45) is 0 Å². The van der Waals surface area contributed by atoms with Crippen LogP contribution >= 0.6 is 0 Å². The highest BCUT2D eigenvalue weighted by Gasteiger charge is 2.26. The van der Waals surface area contributed by atoms with Crippen molar-refractivity contribution in [3.05, 3.63) is 18.0 Å². The van der Waals surface area contributed by atoms with Crippen LogP contribution < -0.4 is 10.0 Å². The van der Waals surface area contributed by atoms with E-state index in [1.165, 1.54) is 0 Å². The number of aromatic nitrogens is 1. The van der Waals surface area contributed by atoms with Gasteiger partial charge < -0.3 is 9.88 Å². The first-order valence-electron chi connectivity index (χ1n) is 7.49. The van der Waals surface area contributed by atoms with Crippen molar-refractivity contribution in [3.8, 4) is 0 Å². The molecule has 1 fully saturated rings. The maximum Gasteiger partial charge on any atom is 0.242 e. The molecule has 2 rings (SSSR count). The van der Waals surface area contributed by atoms with Crippen LogP contribution in [0.25, 0.3) is 0 Å². The van der Waals surface area contributed by atoms with Gasteiger partial charge in [0.25, 0.3) is 0 Å². The molecular weight excluding hydrogens is 274 g/mol. The molecule has 0 radical (unpaired) electrons. The summed E-state index contributed by atoms with van der Waals surface area (Å²) in [5, 5.41) is 3.26. The van der Waals surface area contributed by atoms with E-state index in [4.69, 9.17) is 0 Å². The lowest BCUT2D eigenvalue weighted by atomic mass is 9.94. The van der Waals surface area contributed by atoms with Crippen molar-refractivity contribution in [1.82, 2.24) is 14.6 Å². The predicted molar refractivity (Wildman–Crippen MR) is 80.1 cm³/mol. The number of hydrogen-bond acceptors (Lipinski definition) is 3. The molecule has 0 bridgehead atoms. The van der Waals surface area contributed by atoms with E-state index in [0.29, 0.717) is 11.4 Å². The summed E-state index contributed by atoms with van der Waals surface area (Å²) < 4.78 is 29.5. The van der Waals surface area contributed by atoms with Crippen molar-refractivity contribution >= 4 is 10.0 Å². The van der Waals surface area contributed by atoms with Gasteiger partial charge in [-0.15, -0.1) is 0 Å². The van der Waals surface area contributed by atoms with Crippen LogP contribution in [0.15, 0.2) is 17.2 Å². The van der Waals surface area contributed by atoms with Crippen molar-refractivity contribution in [2.45, 2.75) is 63.6 Å². The molecule has 114 valence electrons. The number of nitrogens with one attached hydrogen (secondary N) is 2. The van der Waals surface area contributed by atoms with E-state index in [1.807, 2.05) is 11.5 Å². The second kappa shape index (κ2) is 6.74. The van der Waals surface area contributed by atoms with Gasteiger partial charge in [-0.2, -0.15) is 0 Å². The van der Waals surface area contributed by atoms with Gasteiger partial charge in [-0.05, 0) is 31.9 Å². The van der Waals surface area contributed by atoms with Crippen LogP contribution in [0.2, 0.25) is 0 Å². The van der Waals surface area contributed by atoms with E-state index in [2.05, 4.69) is 17.0 Å². The number of sulfonamides is 1. The van der Waals surface area contributed by atoms with Crippen molar-refractivity contribution in [2.75, 3.05) is 6.54 Å². The third kappa shape index (κ3) is 3.62. The maximum absolute atomic E-state index is 12.3. The van der Waals surface area contributed by atoms with E-state index in [0.717, 1.165) is 44.5 Å². The molecule has 2 N–H and O–H groups in total. The first-order chi connectivity index (χ1) is 9.56. The fourth-order valence-corrected chi connectivity index (χ4v) is 3.70. The Bertz CT molecular complexity index is 533. The van der Waals surface area contributed by atoms with Gasteiger partial charge in [-0.3, -0.25) is 0 Å². The van der Waals surface area contributed by atoms with E-state index >= 15 is 0 Å². The molecule has 1 aromatic rings. The van der Waals surface area contributed by atoms with Gasteiger partial charge in [-0.1, -0.05) is 20.3 Å². The normalized spacial score (nSPS) is 16.3. The molecule has 0 unspecified atom stereocenters. The summed E-state index contributed by atoms with van der Waals surface area (Å²) >= 11 is 0. The van der Waals surface area contributed by atoms with Gasteiger partial charge in [-0.25, -0.2) is 13.1 Å². The van der Waals surface area contributed by atoms with Crippen LogP contribution in [0.5, 0.6) is 0 Å². The number of aryl methyl sites for hydroxylation is 1. The second-order valence-corrected chi connectivity index (χ2v) is 7.10. The van der Waals surface area contributed by atoms with Gasteiger partial charge in [0.15, 0.2) is 0 Å². The van der Waals surface area contributed by atoms with E-state index in [1.54, 1.807) is 12.3 Å². The van der Waals surface area contributed by atoms with Crippen LogP contribution in [-0.2, 0) is 23.1 Å². The lowest BCUT2D eigenvalue weighted by Gasteiger charge is -2.25. The van der Waals surface area contributed by atoms with Crippen molar-refractivity contribution in [3.63, 3.8) is 0 Å². The third-order valence-corrected chi connectivity index (χ3v) is 5.21. The van der Waals surface area contributed by atoms with Gasteiger partial charge in [0.1, 0.15) is 0 Å².